The second-order valence-corrected chi connectivity index (χ2v) is 5.81. The molecule has 0 saturated carbocycles. The molecule has 2 rings (SSSR count). The number of benzene rings is 1. The molecule has 1 aromatic rings. The maximum Gasteiger partial charge on any atom is 0.0851 e. The molecule has 82 valence electrons. The largest absolute Gasteiger partial charge is 0.388 e. The minimum absolute atomic E-state index is 0.243. The summed E-state index contributed by atoms with van der Waals surface area (Å²) in [6, 6.07) is 5.99. The van der Waals surface area contributed by atoms with Crippen molar-refractivity contribution in [1.29, 1.82) is 0 Å². The zero-order chi connectivity index (χ0) is 10.8. The van der Waals surface area contributed by atoms with Crippen LogP contribution in [-0.2, 0) is 4.74 Å². The summed E-state index contributed by atoms with van der Waals surface area (Å²) in [7, 11) is 0. The zero-order valence-corrected chi connectivity index (χ0v) is 11.9. The molecule has 0 spiro atoms. The number of rotatable bonds is 2. The summed E-state index contributed by atoms with van der Waals surface area (Å²) in [6.45, 7) is 1.44. The van der Waals surface area contributed by atoms with Crippen LogP contribution >= 0.6 is 38.5 Å². The van der Waals surface area contributed by atoms with Crippen molar-refractivity contribution in [3.8, 4) is 0 Å². The van der Waals surface area contributed by atoms with E-state index in [0.29, 0.717) is 6.61 Å². The second-order valence-electron chi connectivity index (χ2n) is 3.73. The molecule has 1 aliphatic rings. The fourth-order valence-corrected chi connectivity index (χ4v) is 2.83. The number of halogens is 2. The van der Waals surface area contributed by atoms with Crippen molar-refractivity contribution in [1.82, 2.24) is 0 Å². The molecule has 2 unspecified atom stereocenters. The third-order valence-electron chi connectivity index (χ3n) is 2.69. The maximum atomic E-state index is 10.2. The summed E-state index contributed by atoms with van der Waals surface area (Å²) in [5.74, 6) is 0.243. The Kier molecular flexibility index (Phi) is 4.04. The lowest BCUT2D eigenvalue weighted by molar-refractivity contribution is 0.0912. The first-order valence-electron chi connectivity index (χ1n) is 4.89. The second kappa shape index (κ2) is 5.12. The van der Waals surface area contributed by atoms with Gasteiger partial charge in [0.1, 0.15) is 0 Å². The molecule has 15 heavy (non-hydrogen) atoms. The standard InChI is InChI=1S/C11H12BrIO2/c12-8-1-2-10(13)9(5-8)11(14)7-3-4-15-6-7/h1-2,5,7,11,14H,3-4,6H2. The molecular formula is C11H12BrIO2. The average molecular weight is 383 g/mol. The molecule has 1 saturated heterocycles. The quantitative estimate of drug-likeness (QED) is 0.796. The van der Waals surface area contributed by atoms with Gasteiger partial charge in [0.15, 0.2) is 0 Å². The van der Waals surface area contributed by atoms with Gasteiger partial charge in [0, 0.05) is 20.6 Å². The van der Waals surface area contributed by atoms with Gasteiger partial charge < -0.3 is 9.84 Å². The van der Waals surface area contributed by atoms with Crippen LogP contribution in [0.5, 0.6) is 0 Å². The van der Waals surface area contributed by atoms with Crippen LogP contribution in [0, 0.1) is 9.49 Å². The summed E-state index contributed by atoms with van der Waals surface area (Å²) < 4.78 is 7.41. The van der Waals surface area contributed by atoms with Crippen molar-refractivity contribution in [3.63, 3.8) is 0 Å². The smallest absolute Gasteiger partial charge is 0.0851 e. The Labute approximate surface area is 111 Å². The van der Waals surface area contributed by atoms with Crippen LogP contribution < -0.4 is 0 Å². The number of hydrogen-bond acceptors (Lipinski definition) is 2. The molecule has 4 heteroatoms. The number of aliphatic hydroxyl groups is 1. The predicted octanol–water partition coefficient (Wildman–Crippen LogP) is 3.12. The SMILES string of the molecule is OC(c1cc(Br)ccc1I)C1CCOC1. The minimum Gasteiger partial charge on any atom is -0.388 e. The van der Waals surface area contributed by atoms with E-state index in [1.54, 1.807) is 0 Å². The van der Waals surface area contributed by atoms with Gasteiger partial charge in [-0.3, -0.25) is 0 Å². The lowest BCUT2D eigenvalue weighted by atomic mass is 9.95. The minimum atomic E-state index is -0.406. The van der Waals surface area contributed by atoms with E-state index in [-0.39, 0.29) is 5.92 Å². The van der Waals surface area contributed by atoms with Crippen molar-refractivity contribution >= 4 is 38.5 Å². The Morgan fingerprint density at radius 3 is 3.00 bits per heavy atom. The molecule has 0 bridgehead atoms. The van der Waals surface area contributed by atoms with Gasteiger partial charge in [-0.2, -0.15) is 0 Å². The Hall–Kier alpha value is 0.350. The van der Waals surface area contributed by atoms with Gasteiger partial charge in [-0.15, -0.1) is 0 Å². The molecule has 2 atom stereocenters. The number of hydrogen-bond donors (Lipinski definition) is 1. The summed E-state index contributed by atoms with van der Waals surface area (Å²) in [5, 5.41) is 10.2. The highest BCUT2D eigenvalue weighted by atomic mass is 127. The van der Waals surface area contributed by atoms with Crippen LogP contribution in [0.3, 0.4) is 0 Å². The molecule has 1 aliphatic heterocycles. The first-order valence-corrected chi connectivity index (χ1v) is 6.76. The summed E-state index contributed by atoms with van der Waals surface area (Å²) >= 11 is 5.68. The number of ether oxygens (including phenoxy) is 1. The Morgan fingerprint density at radius 1 is 1.53 bits per heavy atom. The van der Waals surface area contributed by atoms with E-state index >= 15 is 0 Å². The van der Waals surface area contributed by atoms with Crippen molar-refractivity contribution in [2.45, 2.75) is 12.5 Å². The Balaban J connectivity index is 2.23. The van der Waals surface area contributed by atoms with Gasteiger partial charge in [0.2, 0.25) is 0 Å². The van der Waals surface area contributed by atoms with Crippen LogP contribution in [0.15, 0.2) is 22.7 Å². The first-order chi connectivity index (χ1) is 7.18. The molecule has 1 fully saturated rings. The molecule has 2 nitrogen and oxygen atoms in total. The Morgan fingerprint density at radius 2 is 2.33 bits per heavy atom. The third-order valence-corrected chi connectivity index (χ3v) is 4.16. The van der Waals surface area contributed by atoms with E-state index in [9.17, 15) is 5.11 Å². The zero-order valence-electron chi connectivity index (χ0n) is 8.12. The molecule has 0 amide bonds. The molecule has 0 radical (unpaired) electrons. The molecular weight excluding hydrogens is 371 g/mol. The maximum absolute atomic E-state index is 10.2. The molecule has 0 aromatic heterocycles. The highest BCUT2D eigenvalue weighted by molar-refractivity contribution is 14.1. The van der Waals surface area contributed by atoms with E-state index in [1.165, 1.54) is 0 Å². The normalized spacial score (nSPS) is 23.0. The van der Waals surface area contributed by atoms with Gasteiger partial charge in [-0.1, -0.05) is 15.9 Å². The fraction of sp³-hybridized carbons (Fsp3) is 0.455. The average Bonchev–Trinajstić information content (AvgIpc) is 2.74. The lowest BCUT2D eigenvalue weighted by Gasteiger charge is -2.18. The highest BCUT2D eigenvalue weighted by Crippen LogP contribution is 2.32. The van der Waals surface area contributed by atoms with Crippen LogP contribution in [0.25, 0.3) is 0 Å². The van der Waals surface area contributed by atoms with Gasteiger partial charge in [-0.05, 0) is 52.8 Å². The van der Waals surface area contributed by atoms with E-state index in [4.69, 9.17) is 4.74 Å². The van der Waals surface area contributed by atoms with Crippen LogP contribution in [0.4, 0.5) is 0 Å². The lowest BCUT2D eigenvalue weighted by Crippen LogP contribution is -2.13. The Bertz CT molecular complexity index is 350. The molecule has 1 heterocycles. The van der Waals surface area contributed by atoms with E-state index in [2.05, 4.69) is 38.5 Å². The molecule has 0 aliphatic carbocycles. The highest BCUT2D eigenvalue weighted by Gasteiger charge is 2.26. The van der Waals surface area contributed by atoms with Crippen molar-refractivity contribution in [2.24, 2.45) is 5.92 Å². The van der Waals surface area contributed by atoms with Crippen molar-refractivity contribution in [3.05, 3.63) is 31.8 Å². The van der Waals surface area contributed by atoms with Crippen LogP contribution in [0.1, 0.15) is 18.1 Å². The van der Waals surface area contributed by atoms with Gasteiger partial charge >= 0.3 is 0 Å². The summed E-state index contributed by atoms with van der Waals surface area (Å²) in [5.41, 5.74) is 1.00. The van der Waals surface area contributed by atoms with Gasteiger partial charge in [-0.25, -0.2) is 0 Å². The summed E-state index contributed by atoms with van der Waals surface area (Å²) in [4.78, 5) is 0. The summed E-state index contributed by atoms with van der Waals surface area (Å²) in [6.07, 6.45) is 0.543. The van der Waals surface area contributed by atoms with Crippen molar-refractivity contribution in [2.75, 3.05) is 13.2 Å². The van der Waals surface area contributed by atoms with E-state index in [0.717, 1.165) is 26.6 Å². The third kappa shape index (κ3) is 2.72. The molecule has 1 N–H and O–H groups in total. The van der Waals surface area contributed by atoms with Crippen LogP contribution in [0.2, 0.25) is 0 Å². The van der Waals surface area contributed by atoms with Gasteiger partial charge in [0.25, 0.3) is 0 Å². The molecule has 1 aromatic carbocycles. The van der Waals surface area contributed by atoms with E-state index in [1.807, 2.05) is 18.2 Å². The monoisotopic (exact) mass is 382 g/mol. The predicted molar refractivity (Wildman–Crippen MR) is 70.7 cm³/mol. The van der Waals surface area contributed by atoms with Crippen LogP contribution in [-0.4, -0.2) is 18.3 Å². The topological polar surface area (TPSA) is 29.5 Å². The fourth-order valence-electron chi connectivity index (χ4n) is 1.80. The van der Waals surface area contributed by atoms with Crippen molar-refractivity contribution < 1.29 is 9.84 Å². The van der Waals surface area contributed by atoms with E-state index < -0.39 is 6.10 Å². The first kappa shape index (κ1) is 11.8. The van der Waals surface area contributed by atoms with Gasteiger partial charge in [0.05, 0.1) is 12.7 Å². The number of aliphatic hydroxyl groups excluding tert-OH is 1.